The highest BCUT2D eigenvalue weighted by atomic mass is 32.2. The van der Waals surface area contributed by atoms with Crippen molar-refractivity contribution in [1.82, 2.24) is 5.32 Å². The minimum Gasteiger partial charge on any atom is -0.497 e. The van der Waals surface area contributed by atoms with Crippen molar-refractivity contribution in [1.29, 1.82) is 0 Å². The smallest absolute Gasteiger partial charge is 0.243 e. The molecule has 0 saturated carbocycles. The minimum absolute atomic E-state index is 0.352. The number of nitrogens with one attached hydrogen (secondary N) is 1. The number of nitrogens with zero attached hydrogens (tertiary/aromatic N) is 1. The van der Waals surface area contributed by atoms with E-state index in [0.29, 0.717) is 18.0 Å². The van der Waals surface area contributed by atoms with Crippen molar-refractivity contribution in [2.75, 3.05) is 17.7 Å². The Labute approximate surface area is 173 Å². The molecular weight excluding hydrogens is 388 g/mol. The van der Waals surface area contributed by atoms with Crippen LogP contribution in [-0.4, -0.2) is 33.7 Å². The van der Waals surface area contributed by atoms with Crippen molar-refractivity contribution in [3.8, 4) is 5.75 Å². The molecule has 0 saturated heterocycles. The van der Waals surface area contributed by atoms with Crippen molar-refractivity contribution < 1.29 is 17.9 Å². The van der Waals surface area contributed by atoms with E-state index in [1.54, 1.807) is 31.2 Å². The number of hydrogen-bond donors (Lipinski definition) is 1. The Morgan fingerprint density at radius 1 is 1.07 bits per heavy atom. The maximum atomic E-state index is 12.8. The Bertz CT molecular complexity index is 940. The number of benzene rings is 2. The van der Waals surface area contributed by atoms with Gasteiger partial charge in [-0.2, -0.15) is 0 Å². The maximum absolute atomic E-state index is 12.8. The van der Waals surface area contributed by atoms with Gasteiger partial charge in [-0.1, -0.05) is 32.0 Å². The van der Waals surface area contributed by atoms with Crippen LogP contribution in [0, 0.1) is 0 Å². The summed E-state index contributed by atoms with van der Waals surface area (Å²) in [5, 5.41) is 2.90. The Balaban J connectivity index is 2.21. The molecule has 0 aromatic heterocycles. The Hall–Kier alpha value is -2.54. The molecule has 158 valence electrons. The van der Waals surface area contributed by atoms with Crippen LogP contribution in [0.3, 0.4) is 0 Å². The van der Waals surface area contributed by atoms with Crippen molar-refractivity contribution in [3.63, 3.8) is 0 Å². The van der Waals surface area contributed by atoms with E-state index < -0.39 is 16.1 Å². The zero-order chi connectivity index (χ0) is 21.6. The molecule has 7 heteroatoms. The third kappa shape index (κ3) is 5.73. The molecule has 0 unspecified atom stereocenters. The van der Waals surface area contributed by atoms with Gasteiger partial charge in [0.15, 0.2) is 0 Å². The Morgan fingerprint density at radius 3 is 2.24 bits per heavy atom. The molecule has 2 aromatic carbocycles. The molecule has 0 bridgehead atoms. The monoisotopic (exact) mass is 418 g/mol. The molecule has 0 aliphatic rings. The number of rotatable bonds is 9. The number of sulfonamides is 1. The normalized spacial score (nSPS) is 12.3. The van der Waals surface area contributed by atoms with Gasteiger partial charge in [0.05, 0.1) is 19.1 Å². The van der Waals surface area contributed by atoms with Crippen LogP contribution in [0.4, 0.5) is 5.69 Å². The largest absolute Gasteiger partial charge is 0.497 e. The zero-order valence-corrected chi connectivity index (χ0v) is 18.5. The fourth-order valence-electron chi connectivity index (χ4n) is 3.28. The molecule has 0 radical (unpaired) electrons. The number of anilines is 1. The Morgan fingerprint density at radius 2 is 1.72 bits per heavy atom. The van der Waals surface area contributed by atoms with Gasteiger partial charge in [-0.25, -0.2) is 8.42 Å². The van der Waals surface area contributed by atoms with Gasteiger partial charge in [0.25, 0.3) is 0 Å². The van der Waals surface area contributed by atoms with Crippen molar-refractivity contribution in [3.05, 3.63) is 59.2 Å². The number of ether oxygens (including phenoxy) is 1. The molecule has 0 heterocycles. The standard InChI is InChI=1S/C22H30N2O4S/c1-6-17-8-9-18(7-2)19(14-17)15-23-22(25)16(3)24(29(5,26)27)20-10-12-21(28-4)13-11-20/h8-14,16H,6-7,15H2,1-5H3,(H,23,25)/t16-/m0/s1. The van der Waals surface area contributed by atoms with Crippen molar-refractivity contribution in [2.45, 2.75) is 46.2 Å². The fraction of sp³-hybridized carbons (Fsp3) is 0.409. The average molecular weight is 419 g/mol. The van der Waals surface area contributed by atoms with E-state index in [2.05, 4.69) is 37.4 Å². The molecule has 29 heavy (non-hydrogen) atoms. The number of amides is 1. The van der Waals surface area contributed by atoms with Gasteiger partial charge < -0.3 is 10.1 Å². The van der Waals surface area contributed by atoms with Crippen LogP contribution in [0.1, 0.15) is 37.5 Å². The van der Waals surface area contributed by atoms with Gasteiger partial charge in [-0.3, -0.25) is 9.10 Å². The summed E-state index contributed by atoms with van der Waals surface area (Å²) in [4.78, 5) is 12.8. The van der Waals surface area contributed by atoms with E-state index in [0.717, 1.165) is 29.0 Å². The SMILES string of the molecule is CCc1ccc(CC)c(CNC(=O)[C@H](C)N(c2ccc(OC)cc2)S(C)(=O)=O)c1. The number of carbonyl (C=O) groups excluding carboxylic acids is 1. The highest BCUT2D eigenvalue weighted by Gasteiger charge is 2.29. The lowest BCUT2D eigenvalue weighted by Gasteiger charge is -2.28. The first-order valence-electron chi connectivity index (χ1n) is 9.73. The topological polar surface area (TPSA) is 75.7 Å². The summed E-state index contributed by atoms with van der Waals surface area (Å²) < 4.78 is 31.1. The van der Waals surface area contributed by atoms with Crippen LogP contribution in [0.5, 0.6) is 5.75 Å². The summed E-state index contributed by atoms with van der Waals surface area (Å²) in [6, 6.07) is 12.0. The third-order valence-electron chi connectivity index (χ3n) is 4.93. The molecule has 6 nitrogen and oxygen atoms in total. The van der Waals surface area contributed by atoms with E-state index in [1.165, 1.54) is 18.2 Å². The molecule has 0 aliphatic carbocycles. The molecule has 1 atom stereocenters. The van der Waals surface area contributed by atoms with Crippen LogP contribution in [0.2, 0.25) is 0 Å². The van der Waals surface area contributed by atoms with E-state index in [4.69, 9.17) is 4.74 Å². The fourth-order valence-corrected chi connectivity index (χ4v) is 4.45. The van der Waals surface area contributed by atoms with Gasteiger partial charge in [0, 0.05) is 6.54 Å². The zero-order valence-electron chi connectivity index (χ0n) is 17.7. The maximum Gasteiger partial charge on any atom is 0.243 e. The predicted octanol–water partition coefficient (Wildman–Crippen LogP) is 3.29. The molecule has 0 spiro atoms. The van der Waals surface area contributed by atoms with Crippen LogP contribution in [0.15, 0.2) is 42.5 Å². The summed E-state index contributed by atoms with van der Waals surface area (Å²) >= 11 is 0. The van der Waals surface area contributed by atoms with Gasteiger partial charge in [0.1, 0.15) is 11.8 Å². The molecule has 0 aliphatic heterocycles. The van der Waals surface area contributed by atoms with Crippen LogP contribution >= 0.6 is 0 Å². The summed E-state index contributed by atoms with van der Waals surface area (Å²) in [6.45, 7) is 6.11. The highest BCUT2D eigenvalue weighted by Crippen LogP contribution is 2.24. The van der Waals surface area contributed by atoms with Gasteiger partial charge in [-0.05, 0) is 60.7 Å². The lowest BCUT2D eigenvalue weighted by Crippen LogP contribution is -2.47. The average Bonchev–Trinajstić information content (AvgIpc) is 2.71. The van der Waals surface area contributed by atoms with E-state index in [9.17, 15) is 13.2 Å². The van der Waals surface area contributed by atoms with Gasteiger partial charge >= 0.3 is 0 Å². The molecule has 1 N–H and O–H groups in total. The second kappa shape index (κ2) is 9.78. The van der Waals surface area contributed by atoms with Crippen LogP contribution < -0.4 is 14.4 Å². The first kappa shape index (κ1) is 22.7. The first-order valence-corrected chi connectivity index (χ1v) is 11.6. The van der Waals surface area contributed by atoms with Gasteiger partial charge in [0.2, 0.25) is 15.9 Å². The van der Waals surface area contributed by atoms with E-state index in [1.807, 2.05) is 0 Å². The molecular formula is C22H30N2O4S. The summed E-state index contributed by atoms with van der Waals surface area (Å²) in [7, 11) is -2.12. The number of methoxy groups -OCH3 is 1. The Kier molecular flexibility index (Phi) is 7.67. The van der Waals surface area contributed by atoms with Gasteiger partial charge in [-0.15, -0.1) is 0 Å². The summed E-state index contributed by atoms with van der Waals surface area (Å²) in [5.74, 6) is 0.261. The lowest BCUT2D eigenvalue weighted by molar-refractivity contribution is -0.122. The molecule has 2 rings (SSSR count). The van der Waals surface area contributed by atoms with E-state index >= 15 is 0 Å². The minimum atomic E-state index is -3.66. The quantitative estimate of drug-likeness (QED) is 0.678. The highest BCUT2D eigenvalue weighted by molar-refractivity contribution is 7.92. The summed E-state index contributed by atoms with van der Waals surface area (Å²) in [5.41, 5.74) is 3.85. The van der Waals surface area contributed by atoms with Crippen molar-refractivity contribution >= 4 is 21.6 Å². The van der Waals surface area contributed by atoms with Crippen molar-refractivity contribution in [2.24, 2.45) is 0 Å². The van der Waals surface area contributed by atoms with Crippen LogP contribution in [0.25, 0.3) is 0 Å². The summed E-state index contributed by atoms with van der Waals surface area (Å²) in [6.07, 6.45) is 2.88. The molecule has 2 aromatic rings. The second-order valence-corrected chi connectivity index (χ2v) is 8.82. The second-order valence-electron chi connectivity index (χ2n) is 6.96. The molecule has 0 fully saturated rings. The number of aryl methyl sites for hydroxylation is 2. The number of hydrogen-bond acceptors (Lipinski definition) is 4. The predicted molar refractivity (Wildman–Crippen MR) is 117 cm³/mol. The third-order valence-corrected chi connectivity index (χ3v) is 6.17. The molecule has 1 amide bonds. The van der Waals surface area contributed by atoms with E-state index in [-0.39, 0.29) is 5.91 Å². The first-order chi connectivity index (χ1) is 13.7. The van der Waals surface area contributed by atoms with Crippen LogP contribution in [-0.2, 0) is 34.2 Å². The lowest BCUT2D eigenvalue weighted by atomic mass is 10.0. The number of carbonyl (C=O) groups is 1.